The van der Waals surface area contributed by atoms with Crippen molar-refractivity contribution in [2.75, 3.05) is 19.0 Å². The largest absolute Gasteiger partial charge is 0.323 e. The summed E-state index contributed by atoms with van der Waals surface area (Å²) in [5.74, 6) is 0. The van der Waals surface area contributed by atoms with Crippen LogP contribution in [0.1, 0.15) is 13.3 Å². The van der Waals surface area contributed by atoms with Gasteiger partial charge in [0, 0.05) is 14.8 Å². The van der Waals surface area contributed by atoms with Gasteiger partial charge in [-0.2, -0.15) is 0 Å². The van der Waals surface area contributed by atoms with Crippen LogP contribution in [0.3, 0.4) is 0 Å². The maximum atomic E-state index is 6.19. The zero-order valence-electron chi connectivity index (χ0n) is 12.5. The lowest BCUT2D eigenvalue weighted by Crippen LogP contribution is -2.43. The Bertz CT molecular complexity index is 657. The Hall–Kier alpha value is -1.16. The van der Waals surface area contributed by atoms with Gasteiger partial charge in [-0.05, 0) is 50.8 Å². The lowest BCUT2D eigenvalue weighted by molar-refractivity contribution is 0.289. The van der Waals surface area contributed by atoms with Gasteiger partial charge in [-0.15, -0.1) is 0 Å². The van der Waals surface area contributed by atoms with Crippen LogP contribution in [0.2, 0.25) is 5.02 Å². The van der Waals surface area contributed by atoms with Gasteiger partial charge in [0.2, 0.25) is 0 Å². The van der Waals surface area contributed by atoms with Gasteiger partial charge in [0.15, 0.2) is 0 Å². The molecule has 0 radical (unpaired) electrons. The molecule has 0 fully saturated rings. The third-order valence-corrected chi connectivity index (χ3v) is 5.13. The highest BCUT2D eigenvalue weighted by molar-refractivity contribution is 7.99. The number of hydrogen-bond donors (Lipinski definition) is 0. The maximum absolute atomic E-state index is 6.19. The van der Waals surface area contributed by atoms with Crippen LogP contribution in [0.4, 0.5) is 11.4 Å². The molecule has 0 saturated carbocycles. The molecule has 2 aromatic rings. The van der Waals surface area contributed by atoms with E-state index in [2.05, 4.69) is 67.2 Å². The van der Waals surface area contributed by atoms with E-state index in [4.69, 9.17) is 11.6 Å². The van der Waals surface area contributed by atoms with Crippen molar-refractivity contribution < 1.29 is 0 Å². The molecule has 0 aromatic heterocycles. The molecular weight excluding hydrogens is 300 g/mol. The summed E-state index contributed by atoms with van der Waals surface area (Å²) in [6.07, 6.45) is 1.38. The van der Waals surface area contributed by atoms with Crippen molar-refractivity contribution in [3.05, 3.63) is 47.5 Å². The third kappa shape index (κ3) is 2.66. The molecule has 0 N–H and O–H groups in total. The summed E-state index contributed by atoms with van der Waals surface area (Å²) in [7, 11) is 4.27. The topological polar surface area (TPSA) is 6.48 Å². The summed E-state index contributed by atoms with van der Waals surface area (Å²) in [4.78, 5) is 7.21. The van der Waals surface area contributed by atoms with Crippen LogP contribution in [-0.2, 0) is 0 Å². The fourth-order valence-electron chi connectivity index (χ4n) is 2.86. The van der Waals surface area contributed by atoms with Crippen LogP contribution < -0.4 is 4.90 Å². The van der Waals surface area contributed by atoms with Crippen molar-refractivity contribution in [1.82, 2.24) is 4.90 Å². The smallest absolute Gasteiger partial charge is 0.0863 e. The van der Waals surface area contributed by atoms with Gasteiger partial charge in [0.05, 0.1) is 17.5 Å². The average molecular weight is 319 g/mol. The fourth-order valence-corrected chi connectivity index (χ4v) is 4.21. The molecule has 0 saturated heterocycles. The van der Waals surface area contributed by atoms with E-state index in [1.165, 1.54) is 21.2 Å². The minimum absolute atomic E-state index is 0.326. The minimum atomic E-state index is 0.326. The van der Waals surface area contributed by atoms with Crippen LogP contribution in [0.25, 0.3) is 0 Å². The molecule has 1 aliphatic rings. The Labute approximate surface area is 135 Å². The van der Waals surface area contributed by atoms with Gasteiger partial charge in [-0.25, -0.2) is 0 Å². The van der Waals surface area contributed by atoms with Crippen LogP contribution in [-0.4, -0.2) is 25.2 Å². The second-order valence-electron chi connectivity index (χ2n) is 5.40. The van der Waals surface area contributed by atoms with Crippen molar-refractivity contribution in [2.45, 2.75) is 29.3 Å². The average Bonchev–Trinajstić information content (AvgIpc) is 2.46. The zero-order valence-corrected chi connectivity index (χ0v) is 14.1. The van der Waals surface area contributed by atoms with Crippen LogP contribution >= 0.6 is 23.4 Å². The normalized spacial score (nSPS) is 14.8. The second-order valence-corrected chi connectivity index (χ2v) is 6.92. The van der Waals surface area contributed by atoms with Gasteiger partial charge < -0.3 is 4.90 Å². The fraction of sp³-hybridized carbons (Fsp3) is 0.294. The number of nitrogens with zero attached hydrogens (tertiary/aromatic N) is 2. The predicted molar refractivity (Wildman–Crippen MR) is 91.9 cm³/mol. The maximum Gasteiger partial charge on any atom is 0.0863 e. The standard InChI is InChI=1S/C17H19ClN2S/c1-4-17(19(2)3)20-13-7-5-6-8-15(13)21-16-11-12(18)9-10-14(16)20/h5-11,17H,4H2,1-3H3. The molecule has 1 unspecified atom stereocenters. The molecule has 0 bridgehead atoms. The number of anilines is 2. The number of para-hydroxylation sites is 1. The van der Waals surface area contributed by atoms with E-state index >= 15 is 0 Å². The first-order valence-electron chi connectivity index (χ1n) is 7.14. The third-order valence-electron chi connectivity index (χ3n) is 3.79. The monoisotopic (exact) mass is 318 g/mol. The van der Waals surface area contributed by atoms with Crippen LogP contribution in [0.5, 0.6) is 0 Å². The van der Waals surface area contributed by atoms with Crippen LogP contribution in [0, 0.1) is 0 Å². The molecule has 3 rings (SSSR count). The highest BCUT2D eigenvalue weighted by Crippen LogP contribution is 2.49. The molecule has 1 aliphatic heterocycles. The molecule has 0 spiro atoms. The van der Waals surface area contributed by atoms with Gasteiger partial charge >= 0.3 is 0 Å². The van der Waals surface area contributed by atoms with E-state index < -0.39 is 0 Å². The van der Waals surface area contributed by atoms with E-state index in [-0.39, 0.29) is 0 Å². The first-order valence-corrected chi connectivity index (χ1v) is 8.33. The molecule has 2 aromatic carbocycles. The number of halogens is 1. The molecule has 2 nitrogen and oxygen atoms in total. The predicted octanol–water partition coefficient (Wildman–Crippen LogP) is 5.24. The lowest BCUT2D eigenvalue weighted by Gasteiger charge is -2.41. The highest BCUT2D eigenvalue weighted by atomic mass is 35.5. The van der Waals surface area contributed by atoms with Crippen molar-refractivity contribution in [2.24, 2.45) is 0 Å². The highest BCUT2D eigenvalue weighted by Gasteiger charge is 2.29. The SMILES string of the molecule is CCC(N(C)C)N1c2ccccc2Sc2cc(Cl)ccc21. The summed E-state index contributed by atoms with van der Waals surface area (Å²) in [5.41, 5.74) is 2.52. The first kappa shape index (κ1) is 14.8. The molecule has 0 aliphatic carbocycles. The van der Waals surface area contributed by atoms with Gasteiger partial charge in [-0.1, -0.05) is 42.4 Å². The lowest BCUT2D eigenvalue weighted by atomic mass is 10.1. The van der Waals surface area contributed by atoms with E-state index in [0.717, 1.165) is 11.4 Å². The molecular formula is C17H19ClN2S. The Morgan fingerprint density at radius 2 is 1.81 bits per heavy atom. The first-order chi connectivity index (χ1) is 10.1. The van der Waals surface area contributed by atoms with E-state index in [0.29, 0.717) is 6.17 Å². The second kappa shape index (κ2) is 5.91. The number of rotatable bonds is 3. The van der Waals surface area contributed by atoms with Crippen molar-refractivity contribution >= 4 is 34.7 Å². The van der Waals surface area contributed by atoms with Crippen molar-refractivity contribution in [3.63, 3.8) is 0 Å². The van der Waals surface area contributed by atoms with Crippen molar-refractivity contribution in [3.8, 4) is 0 Å². The summed E-state index contributed by atoms with van der Waals surface area (Å²) in [6, 6.07) is 14.8. The Balaban J connectivity index is 2.18. The van der Waals surface area contributed by atoms with E-state index in [9.17, 15) is 0 Å². The molecule has 21 heavy (non-hydrogen) atoms. The number of benzene rings is 2. The van der Waals surface area contributed by atoms with Crippen molar-refractivity contribution in [1.29, 1.82) is 0 Å². The Morgan fingerprint density at radius 3 is 2.52 bits per heavy atom. The molecule has 1 heterocycles. The van der Waals surface area contributed by atoms with Gasteiger partial charge in [0.25, 0.3) is 0 Å². The summed E-state index contributed by atoms with van der Waals surface area (Å²) >= 11 is 7.98. The molecule has 110 valence electrons. The summed E-state index contributed by atoms with van der Waals surface area (Å²) < 4.78 is 0. The number of hydrogen-bond acceptors (Lipinski definition) is 3. The van der Waals surface area contributed by atoms with Gasteiger partial charge in [0.1, 0.15) is 0 Å². The molecule has 4 heteroatoms. The van der Waals surface area contributed by atoms with Gasteiger partial charge in [-0.3, -0.25) is 4.90 Å². The van der Waals surface area contributed by atoms with E-state index in [1.54, 1.807) is 11.8 Å². The summed E-state index contributed by atoms with van der Waals surface area (Å²) in [6.45, 7) is 2.23. The molecule has 0 amide bonds. The number of fused-ring (bicyclic) bond motifs is 2. The minimum Gasteiger partial charge on any atom is -0.323 e. The Kier molecular flexibility index (Phi) is 4.16. The van der Waals surface area contributed by atoms with Crippen LogP contribution in [0.15, 0.2) is 52.3 Å². The molecule has 1 atom stereocenters. The summed E-state index contributed by atoms with van der Waals surface area (Å²) in [5, 5.41) is 0.790. The Morgan fingerprint density at radius 1 is 1.10 bits per heavy atom. The zero-order chi connectivity index (χ0) is 15.0. The van der Waals surface area contributed by atoms with E-state index in [1.807, 2.05) is 6.07 Å². The quantitative estimate of drug-likeness (QED) is 0.764.